The van der Waals surface area contributed by atoms with Crippen LogP contribution in [-0.4, -0.2) is 0 Å². The lowest BCUT2D eigenvalue weighted by Gasteiger charge is -2.40. The Labute approximate surface area is 310 Å². The van der Waals surface area contributed by atoms with Crippen LogP contribution in [0.3, 0.4) is 0 Å². The number of nitrogens with zero attached hydrogens (tertiary/aromatic N) is 1. The summed E-state index contributed by atoms with van der Waals surface area (Å²) in [5.41, 5.74) is 16.9. The number of ether oxygens (including phenoxy) is 1. The molecule has 2 nitrogen and oxygen atoms in total. The molecular weight excluding hydrogens is 643 g/mol. The van der Waals surface area contributed by atoms with Crippen molar-refractivity contribution in [2.75, 3.05) is 4.90 Å². The first-order chi connectivity index (χ1) is 26.0. The van der Waals surface area contributed by atoms with E-state index in [0.29, 0.717) is 0 Å². The fourth-order valence-corrected chi connectivity index (χ4v) is 9.84. The molecule has 3 aliphatic rings. The summed E-state index contributed by atoms with van der Waals surface area (Å²) >= 11 is 0. The second-order valence-corrected chi connectivity index (χ2v) is 15.3. The predicted octanol–water partition coefficient (Wildman–Crippen LogP) is 13.4. The molecule has 1 spiro atoms. The van der Waals surface area contributed by atoms with Gasteiger partial charge in [0.15, 0.2) is 0 Å². The lowest BCUT2D eigenvalue weighted by Crippen LogP contribution is -2.32. The van der Waals surface area contributed by atoms with E-state index in [0.717, 1.165) is 28.3 Å². The molecular formula is C51H37NO. The van der Waals surface area contributed by atoms with Crippen molar-refractivity contribution < 1.29 is 4.74 Å². The molecule has 0 fully saturated rings. The van der Waals surface area contributed by atoms with E-state index < -0.39 is 5.41 Å². The van der Waals surface area contributed by atoms with Crippen molar-refractivity contribution in [1.82, 2.24) is 0 Å². The number of benzene rings is 8. The largest absolute Gasteiger partial charge is 0.456 e. The van der Waals surface area contributed by atoms with Crippen molar-refractivity contribution >= 4 is 27.8 Å². The van der Waals surface area contributed by atoms with Crippen LogP contribution in [0.5, 0.6) is 11.5 Å². The van der Waals surface area contributed by atoms with E-state index in [4.69, 9.17) is 4.74 Å². The highest BCUT2D eigenvalue weighted by atomic mass is 16.5. The van der Waals surface area contributed by atoms with Crippen LogP contribution in [-0.2, 0) is 10.8 Å². The van der Waals surface area contributed by atoms with Crippen molar-refractivity contribution in [3.05, 3.63) is 209 Å². The number of hydrogen-bond donors (Lipinski definition) is 0. The van der Waals surface area contributed by atoms with Gasteiger partial charge in [0.05, 0.1) is 5.41 Å². The van der Waals surface area contributed by atoms with E-state index in [-0.39, 0.29) is 5.41 Å². The Morgan fingerprint density at radius 1 is 0.453 bits per heavy atom. The van der Waals surface area contributed by atoms with Gasteiger partial charge in [0.25, 0.3) is 0 Å². The van der Waals surface area contributed by atoms with E-state index >= 15 is 0 Å². The van der Waals surface area contributed by atoms with Crippen LogP contribution in [0, 0.1) is 6.92 Å². The molecule has 0 saturated carbocycles. The van der Waals surface area contributed by atoms with Gasteiger partial charge in [-0.15, -0.1) is 0 Å². The zero-order chi connectivity index (χ0) is 35.5. The van der Waals surface area contributed by atoms with Crippen molar-refractivity contribution in [3.8, 4) is 33.8 Å². The van der Waals surface area contributed by atoms with Gasteiger partial charge >= 0.3 is 0 Å². The van der Waals surface area contributed by atoms with Gasteiger partial charge in [-0.2, -0.15) is 0 Å². The van der Waals surface area contributed by atoms with Crippen LogP contribution in [0.1, 0.15) is 52.8 Å². The summed E-state index contributed by atoms with van der Waals surface area (Å²) in [6.45, 7) is 6.91. The van der Waals surface area contributed by atoms with Gasteiger partial charge in [-0.1, -0.05) is 147 Å². The summed E-state index contributed by atoms with van der Waals surface area (Å²) in [5.74, 6) is 1.84. The predicted molar refractivity (Wildman–Crippen MR) is 218 cm³/mol. The zero-order valence-electron chi connectivity index (χ0n) is 30.0. The van der Waals surface area contributed by atoms with E-state index in [1.165, 1.54) is 72.3 Å². The van der Waals surface area contributed by atoms with Gasteiger partial charge in [0.2, 0.25) is 0 Å². The number of para-hydroxylation sites is 2. The molecule has 53 heavy (non-hydrogen) atoms. The molecule has 0 amide bonds. The van der Waals surface area contributed by atoms with E-state index in [1.54, 1.807) is 0 Å². The summed E-state index contributed by atoms with van der Waals surface area (Å²) in [7, 11) is 0. The van der Waals surface area contributed by atoms with Gasteiger partial charge < -0.3 is 9.64 Å². The Hall–Kier alpha value is -6.38. The van der Waals surface area contributed by atoms with Crippen molar-refractivity contribution in [2.45, 2.75) is 31.6 Å². The Bertz CT molecular complexity index is 2830. The third-order valence-corrected chi connectivity index (χ3v) is 12.3. The van der Waals surface area contributed by atoms with Crippen molar-refractivity contribution in [1.29, 1.82) is 0 Å². The van der Waals surface area contributed by atoms with E-state index in [1.807, 2.05) is 0 Å². The molecule has 11 rings (SSSR count). The first-order valence-corrected chi connectivity index (χ1v) is 18.6. The summed E-state index contributed by atoms with van der Waals surface area (Å²) in [5, 5.41) is 2.30. The van der Waals surface area contributed by atoms with Gasteiger partial charge in [-0.05, 0) is 98.8 Å². The summed E-state index contributed by atoms with van der Waals surface area (Å²) in [6.07, 6.45) is 0. The van der Waals surface area contributed by atoms with Gasteiger partial charge in [0.1, 0.15) is 11.5 Å². The van der Waals surface area contributed by atoms with Crippen LogP contribution in [0.2, 0.25) is 0 Å². The smallest absolute Gasteiger partial charge is 0.140 e. The van der Waals surface area contributed by atoms with Gasteiger partial charge in [0, 0.05) is 39.0 Å². The van der Waals surface area contributed by atoms with Crippen LogP contribution in [0.15, 0.2) is 170 Å². The van der Waals surface area contributed by atoms with E-state index in [9.17, 15) is 0 Å². The molecule has 8 aromatic carbocycles. The molecule has 0 bridgehead atoms. The standard InChI is InChI=1S/C51H37NO/c1-32-14-4-12-22-47(32)52(34-26-29-42-40(30-34)38-18-7-9-19-41(38)50(42,2)3)35-25-27-39-37-17-8-10-20-43(37)51(46(39)31-35)44-21-11-13-23-48(44)53-49-36-16-6-5-15-33(36)24-28-45(49)51/h4-31H,1-3H3. The fourth-order valence-electron chi connectivity index (χ4n) is 9.84. The minimum absolute atomic E-state index is 0.0579. The summed E-state index contributed by atoms with van der Waals surface area (Å²) in [4.78, 5) is 2.47. The second-order valence-electron chi connectivity index (χ2n) is 15.3. The Morgan fingerprint density at radius 3 is 1.91 bits per heavy atom. The van der Waals surface area contributed by atoms with Crippen molar-refractivity contribution in [3.63, 3.8) is 0 Å². The van der Waals surface area contributed by atoms with Crippen LogP contribution in [0.4, 0.5) is 17.1 Å². The van der Waals surface area contributed by atoms with Crippen LogP contribution in [0.25, 0.3) is 33.0 Å². The number of fused-ring (bicyclic) bond motifs is 14. The minimum Gasteiger partial charge on any atom is -0.456 e. The highest BCUT2D eigenvalue weighted by Gasteiger charge is 2.51. The van der Waals surface area contributed by atoms with E-state index in [2.05, 4.69) is 196 Å². The molecule has 0 aromatic heterocycles. The Morgan fingerprint density at radius 2 is 1.06 bits per heavy atom. The average Bonchev–Trinajstić information content (AvgIpc) is 3.61. The fraction of sp³-hybridized carbons (Fsp3) is 0.0980. The quantitative estimate of drug-likeness (QED) is 0.184. The molecule has 8 aromatic rings. The molecule has 252 valence electrons. The topological polar surface area (TPSA) is 12.5 Å². The molecule has 1 unspecified atom stereocenters. The zero-order valence-corrected chi connectivity index (χ0v) is 30.0. The molecule has 1 atom stereocenters. The molecule has 0 N–H and O–H groups in total. The second kappa shape index (κ2) is 10.8. The van der Waals surface area contributed by atoms with Gasteiger partial charge in [-0.3, -0.25) is 0 Å². The number of rotatable bonds is 3. The highest BCUT2D eigenvalue weighted by molar-refractivity contribution is 5.97. The molecule has 1 aliphatic heterocycles. The van der Waals surface area contributed by atoms with Gasteiger partial charge in [-0.25, -0.2) is 0 Å². The first kappa shape index (κ1) is 30.3. The maximum atomic E-state index is 6.92. The third kappa shape index (κ3) is 3.98. The third-order valence-electron chi connectivity index (χ3n) is 12.3. The highest BCUT2D eigenvalue weighted by Crippen LogP contribution is 2.63. The summed E-state index contributed by atoms with van der Waals surface area (Å²) < 4.78 is 6.92. The number of hydrogen-bond acceptors (Lipinski definition) is 2. The monoisotopic (exact) mass is 679 g/mol. The normalized spacial score (nSPS) is 16.6. The SMILES string of the molecule is Cc1ccccc1N(c1ccc2c(c1)-c1ccccc1C2(C)C)c1ccc2c(c1)C1(c3ccccc3Oc3c1ccc1ccccc31)c1ccccc1-2. The van der Waals surface area contributed by atoms with Crippen LogP contribution < -0.4 is 9.64 Å². The maximum Gasteiger partial charge on any atom is 0.140 e. The number of anilines is 3. The molecule has 0 saturated heterocycles. The minimum atomic E-state index is -0.575. The first-order valence-electron chi connectivity index (χ1n) is 18.6. The lowest BCUT2D eigenvalue weighted by atomic mass is 9.65. The number of aryl methyl sites for hydroxylation is 1. The Balaban J connectivity index is 1.21. The molecule has 1 heterocycles. The van der Waals surface area contributed by atoms with Crippen LogP contribution >= 0.6 is 0 Å². The molecule has 0 radical (unpaired) electrons. The molecule has 2 heteroatoms. The Kier molecular flexibility index (Phi) is 6.18. The summed E-state index contributed by atoms with van der Waals surface area (Å²) in [6, 6.07) is 62.7. The van der Waals surface area contributed by atoms with Crippen molar-refractivity contribution in [2.24, 2.45) is 0 Å². The lowest BCUT2D eigenvalue weighted by molar-refractivity contribution is 0.441. The average molecular weight is 680 g/mol. The molecule has 2 aliphatic carbocycles. The maximum absolute atomic E-state index is 6.92.